The molecule has 1 heterocycles. The molecule has 0 bridgehead atoms. The van der Waals surface area contributed by atoms with Crippen molar-refractivity contribution in [2.24, 2.45) is 0 Å². The number of Topliss-reactive ketones (excluding diaryl/α,β-unsaturated/α-hetero) is 1. The minimum absolute atomic E-state index is 0.0436. The molecule has 2 aromatic rings. The van der Waals surface area contributed by atoms with Crippen molar-refractivity contribution < 1.29 is 9.90 Å². The molecule has 0 radical (unpaired) electrons. The molecule has 1 fully saturated rings. The summed E-state index contributed by atoms with van der Waals surface area (Å²) in [5, 5.41) is 12.2. The summed E-state index contributed by atoms with van der Waals surface area (Å²) in [5.74, 6) is 0.433. The molecule has 0 saturated heterocycles. The van der Waals surface area contributed by atoms with E-state index in [1.165, 1.54) is 16.9 Å². The van der Waals surface area contributed by atoms with Crippen molar-refractivity contribution in [3.05, 3.63) is 57.6 Å². The van der Waals surface area contributed by atoms with Crippen LogP contribution in [-0.4, -0.2) is 22.0 Å². The van der Waals surface area contributed by atoms with Gasteiger partial charge in [0.1, 0.15) is 0 Å². The zero-order valence-electron chi connectivity index (χ0n) is 12.9. The van der Waals surface area contributed by atoms with E-state index in [1.54, 1.807) is 0 Å². The summed E-state index contributed by atoms with van der Waals surface area (Å²) in [5.41, 5.74) is 4.08. The van der Waals surface area contributed by atoms with E-state index in [4.69, 9.17) is 0 Å². The number of carbonyl (C=O) groups excluding carboxylic acids is 1. The van der Waals surface area contributed by atoms with Gasteiger partial charge >= 0.3 is 0 Å². The molecule has 0 spiro atoms. The summed E-state index contributed by atoms with van der Waals surface area (Å²) in [6.07, 6.45) is 6.29. The molecule has 118 valence electrons. The molecule has 3 nitrogen and oxygen atoms in total. The van der Waals surface area contributed by atoms with E-state index in [0.717, 1.165) is 48.9 Å². The highest BCUT2D eigenvalue weighted by molar-refractivity contribution is 7.12. The van der Waals surface area contributed by atoms with Crippen LogP contribution in [0, 0.1) is 0 Å². The number of thiazole rings is 1. The summed E-state index contributed by atoms with van der Waals surface area (Å²) in [7, 11) is 0. The van der Waals surface area contributed by atoms with Gasteiger partial charge in [-0.3, -0.25) is 4.79 Å². The Morgan fingerprint density at radius 3 is 2.78 bits per heavy atom. The molecule has 0 amide bonds. The van der Waals surface area contributed by atoms with Gasteiger partial charge in [-0.25, -0.2) is 4.98 Å². The largest absolute Gasteiger partial charge is 0.393 e. The molecule has 2 aliphatic rings. The van der Waals surface area contributed by atoms with Crippen LogP contribution in [0.5, 0.6) is 0 Å². The van der Waals surface area contributed by atoms with Crippen LogP contribution < -0.4 is 0 Å². The predicted octanol–water partition coefficient (Wildman–Crippen LogP) is 3.98. The number of aliphatic hydroxyl groups excluding tert-OH is 1. The van der Waals surface area contributed by atoms with Gasteiger partial charge < -0.3 is 5.11 Å². The van der Waals surface area contributed by atoms with Gasteiger partial charge in [0.05, 0.1) is 11.8 Å². The lowest BCUT2D eigenvalue weighted by Gasteiger charge is -2.23. The van der Waals surface area contributed by atoms with E-state index < -0.39 is 0 Å². The molecule has 2 aliphatic carbocycles. The second-order valence-electron chi connectivity index (χ2n) is 6.39. The Labute approximate surface area is 139 Å². The van der Waals surface area contributed by atoms with E-state index >= 15 is 0 Å². The maximum absolute atomic E-state index is 12.8. The van der Waals surface area contributed by atoms with Gasteiger partial charge in [-0.05, 0) is 43.2 Å². The number of fused-ring (bicyclic) bond motifs is 1. The minimum atomic E-state index is -0.161. The van der Waals surface area contributed by atoms with Crippen molar-refractivity contribution in [3.63, 3.8) is 0 Å². The first-order chi connectivity index (χ1) is 11.2. The fraction of sp³-hybridized carbons (Fsp3) is 0.368. The van der Waals surface area contributed by atoms with Crippen LogP contribution in [0.4, 0.5) is 0 Å². The Bertz CT molecular complexity index is 769. The average molecular weight is 325 g/mol. The summed E-state index contributed by atoms with van der Waals surface area (Å²) < 4.78 is 0. The number of nitrogens with zero attached hydrogens (tertiary/aromatic N) is 1. The summed E-state index contributed by atoms with van der Waals surface area (Å²) in [6.45, 7) is 0. The molecule has 1 N–H and O–H groups in total. The Balaban J connectivity index is 1.54. The predicted molar refractivity (Wildman–Crippen MR) is 91.8 cm³/mol. The smallest absolute Gasteiger partial charge is 0.221 e. The molecule has 23 heavy (non-hydrogen) atoms. The van der Waals surface area contributed by atoms with Crippen molar-refractivity contribution in [3.8, 4) is 0 Å². The molecule has 1 aromatic heterocycles. The molecule has 4 heteroatoms. The van der Waals surface area contributed by atoms with Gasteiger partial charge in [-0.15, -0.1) is 11.3 Å². The number of aliphatic hydroxyl groups is 1. The zero-order valence-corrected chi connectivity index (χ0v) is 13.7. The maximum atomic E-state index is 12.8. The average Bonchev–Trinajstić information content (AvgIpc) is 3.22. The third kappa shape index (κ3) is 2.77. The van der Waals surface area contributed by atoms with Crippen LogP contribution in [0.1, 0.15) is 58.2 Å². The highest BCUT2D eigenvalue weighted by atomic mass is 32.1. The normalized spacial score (nSPS) is 23.4. The minimum Gasteiger partial charge on any atom is -0.393 e. The number of aromatic nitrogens is 1. The van der Waals surface area contributed by atoms with Crippen LogP contribution in [-0.2, 0) is 6.42 Å². The number of hydrogen-bond donors (Lipinski definition) is 1. The Kier molecular flexibility index (Phi) is 3.87. The maximum Gasteiger partial charge on any atom is 0.221 e. The lowest BCUT2D eigenvalue weighted by molar-refractivity contribution is 0.105. The van der Waals surface area contributed by atoms with Crippen molar-refractivity contribution in [1.29, 1.82) is 0 Å². The van der Waals surface area contributed by atoms with E-state index in [0.29, 0.717) is 10.9 Å². The number of carbonyl (C=O) groups is 1. The van der Waals surface area contributed by atoms with Crippen LogP contribution in [0.3, 0.4) is 0 Å². The lowest BCUT2D eigenvalue weighted by Crippen LogP contribution is -2.17. The van der Waals surface area contributed by atoms with Crippen LogP contribution in [0.15, 0.2) is 35.7 Å². The first kappa shape index (κ1) is 14.8. The fourth-order valence-corrected chi connectivity index (χ4v) is 4.42. The summed E-state index contributed by atoms with van der Waals surface area (Å²) >= 11 is 1.45. The van der Waals surface area contributed by atoms with Crippen molar-refractivity contribution in [2.75, 3.05) is 0 Å². The molecule has 0 atom stereocenters. The number of rotatable bonds is 3. The highest BCUT2D eigenvalue weighted by Crippen LogP contribution is 2.35. The molecular weight excluding hydrogens is 306 g/mol. The first-order valence-corrected chi connectivity index (χ1v) is 9.07. The highest BCUT2D eigenvalue weighted by Gasteiger charge is 2.26. The number of benzene rings is 1. The second-order valence-corrected chi connectivity index (χ2v) is 7.25. The summed E-state index contributed by atoms with van der Waals surface area (Å²) in [4.78, 5) is 17.4. The fourth-order valence-electron chi connectivity index (χ4n) is 3.56. The topological polar surface area (TPSA) is 50.2 Å². The Morgan fingerprint density at radius 2 is 1.96 bits per heavy atom. The van der Waals surface area contributed by atoms with E-state index in [2.05, 4.69) is 11.1 Å². The third-order valence-corrected chi connectivity index (χ3v) is 5.77. The van der Waals surface area contributed by atoms with E-state index in [-0.39, 0.29) is 11.9 Å². The Hall–Kier alpha value is -1.78. The van der Waals surface area contributed by atoms with Crippen molar-refractivity contribution >= 4 is 22.7 Å². The lowest BCUT2D eigenvalue weighted by atomic mass is 9.86. The molecule has 0 unspecified atom stereocenters. The molecular formula is C19H19NO2S. The third-order valence-electron chi connectivity index (χ3n) is 4.91. The monoisotopic (exact) mass is 325 g/mol. The Morgan fingerprint density at radius 1 is 1.17 bits per heavy atom. The van der Waals surface area contributed by atoms with Gasteiger partial charge in [0, 0.05) is 16.9 Å². The molecule has 1 saturated carbocycles. The van der Waals surface area contributed by atoms with E-state index in [9.17, 15) is 9.90 Å². The summed E-state index contributed by atoms with van der Waals surface area (Å²) in [6, 6.07) is 8.08. The van der Waals surface area contributed by atoms with Crippen LogP contribution in [0.2, 0.25) is 0 Å². The molecule has 4 rings (SSSR count). The van der Waals surface area contributed by atoms with Crippen molar-refractivity contribution in [2.45, 2.75) is 44.1 Å². The van der Waals surface area contributed by atoms with Crippen LogP contribution >= 0.6 is 11.3 Å². The van der Waals surface area contributed by atoms with Gasteiger partial charge in [-0.1, -0.05) is 30.3 Å². The number of ketones is 1. The standard InChI is InChI=1S/C19H19NO2S/c21-14-8-5-13(6-9-14)17-11-23-19(20-17)18(22)16-10-7-12-3-1-2-4-15(12)16/h1-4,10-11,13-14,21H,5-9H2. The molecule has 1 aromatic carbocycles. The number of allylic oxidation sites excluding steroid dienone is 2. The number of hydrogen-bond acceptors (Lipinski definition) is 4. The SMILES string of the molecule is O=C(C1=CCc2ccccc21)c1nc(C2CCC(O)CC2)cs1. The van der Waals surface area contributed by atoms with Crippen LogP contribution in [0.25, 0.3) is 5.57 Å². The van der Waals surface area contributed by atoms with Crippen molar-refractivity contribution in [1.82, 2.24) is 4.98 Å². The van der Waals surface area contributed by atoms with Gasteiger partial charge in [-0.2, -0.15) is 0 Å². The van der Waals surface area contributed by atoms with E-state index in [1.807, 2.05) is 29.7 Å². The zero-order chi connectivity index (χ0) is 15.8. The van der Waals surface area contributed by atoms with Gasteiger partial charge in [0.25, 0.3) is 0 Å². The van der Waals surface area contributed by atoms with Gasteiger partial charge in [0.2, 0.25) is 5.78 Å². The second kappa shape index (κ2) is 6.02. The van der Waals surface area contributed by atoms with Gasteiger partial charge in [0.15, 0.2) is 5.01 Å². The quantitative estimate of drug-likeness (QED) is 0.868. The molecule has 0 aliphatic heterocycles. The first-order valence-electron chi connectivity index (χ1n) is 8.19.